The highest BCUT2D eigenvalue weighted by atomic mass is 19.1. The minimum atomic E-state index is -0.777. The fourth-order valence-corrected chi connectivity index (χ4v) is 4.15. The van der Waals surface area contributed by atoms with E-state index in [0.29, 0.717) is 18.4 Å². The zero-order valence-corrected chi connectivity index (χ0v) is 21.8. The molecule has 0 bridgehead atoms. The van der Waals surface area contributed by atoms with E-state index in [1.807, 2.05) is 63.2 Å². The van der Waals surface area contributed by atoms with Gasteiger partial charge in [-0.2, -0.15) is 0 Å². The number of carbonyl (C=O) groups excluding carboxylic acids is 2. The molecule has 0 aromatic heterocycles. The van der Waals surface area contributed by atoms with Gasteiger partial charge in [-0.1, -0.05) is 79.7 Å². The van der Waals surface area contributed by atoms with Crippen LogP contribution in [0.2, 0.25) is 0 Å². The number of rotatable bonds is 10. The number of hydrogen-bond donors (Lipinski definition) is 1. The smallest absolute Gasteiger partial charge is 0.243 e. The van der Waals surface area contributed by atoms with Gasteiger partial charge in [0, 0.05) is 30.5 Å². The molecule has 3 aromatic carbocycles. The van der Waals surface area contributed by atoms with Gasteiger partial charge in [-0.05, 0) is 56.4 Å². The van der Waals surface area contributed by atoms with E-state index in [2.05, 4.69) is 24.4 Å². The lowest BCUT2D eigenvalue weighted by Crippen LogP contribution is -2.54. The lowest BCUT2D eigenvalue weighted by Gasteiger charge is -2.34. The topological polar surface area (TPSA) is 49.4 Å². The van der Waals surface area contributed by atoms with Gasteiger partial charge >= 0.3 is 0 Å². The van der Waals surface area contributed by atoms with Crippen molar-refractivity contribution in [3.63, 3.8) is 0 Å². The van der Waals surface area contributed by atoms with Crippen molar-refractivity contribution in [1.82, 2.24) is 10.2 Å². The van der Waals surface area contributed by atoms with Crippen LogP contribution >= 0.6 is 0 Å². The Balaban J connectivity index is 1.92. The van der Waals surface area contributed by atoms with Crippen molar-refractivity contribution in [1.29, 1.82) is 0 Å². The van der Waals surface area contributed by atoms with Gasteiger partial charge in [-0.25, -0.2) is 4.39 Å². The molecule has 0 saturated heterocycles. The summed E-state index contributed by atoms with van der Waals surface area (Å²) in [5, 5.41) is 3.04. The number of hydrogen-bond acceptors (Lipinski definition) is 2. The third-order valence-electron chi connectivity index (χ3n) is 6.13. The maximum atomic E-state index is 14.7. The van der Waals surface area contributed by atoms with Gasteiger partial charge in [0.05, 0.1) is 0 Å². The summed E-state index contributed by atoms with van der Waals surface area (Å²) in [6.45, 7) is 7.86. The number of nitrogens with one attached hydrogen (secondary N) is 1. The Morgan fingerprint density at radius 3 is 2.08 bits per heavy atom. The average molecular weight is 489 g/mol. The van der Waals surface area contributed by atoms with Crippen LogP contribution in [-0.4, -0.2) is 28.3 Å². The molecule has 0 unspecified atom stereocenters. The molecule has 0 heterocycles. The van der Waals surface area contributed by atoms with Crippen LogP contribution in [0.4, 0.5) is 4.39 Å². The van der Waals surface area contributed by atoms with E-state index in [0.717, 1.165) is 17.5 Å². The summed E-state index contributed by atoms with van der Waals surface area (Å²) in [6.07, 6.45) is 2.08. The van der Waals surface area contributed by atoms with Crippen LogP contribution in [0.3, 0.4) is 0 Å². The Morgan fingerprint density at radius 2 is 1.47 bits per heavy atom. The number of halogens is 1. The van der Waals surface area contributed by atoms with Gasteiger partial charge in [0.2, 0.25) is 11.8 Å². The molecule has 0 aliphatic rings. The van der Waals surface area contributed by atoms with Crippen LogP contribution in [0, 0.1) is 5.82 Å². The molecule has 0 radical (unpaired) electrons. The van der Waals surface area contributed by atoms with Crippen molar-refractivity contribution in [3.05, 3.63) is 107 Å². The highest BCUT2D eigenvalue weighted by Crippen LogP contribution is 2.19. The number of carbonyl (C=O) groups is 2. The van der Waals surface area contributed by atoms with Gasteiger partial charge in [-0.3, -0.25) is 9.59 Å². The van der Waals surface area contributed by atoms with Crippen LogP contribution < -0.4 is 5.32 Å². The molecule has 36 heavy (non-hydrogen) atoms. The summed E-state index contributed by atoms with van der Waals surface area (Å²) in [4.78, 5) is 28.8. The largest absolute Gasteiger partial charge is 0.350 e. The van der Waals surface area contributed by atoms with Crippen molar-refractivity contribution in [2.45, 2.75) is 71.5 Å². The average Bonchev–Trinajstić information content (AvgIpc) is 2.85. The normalized spacial score (nSPS) is 12.1. The lowest BCUT2D eigenvalue weighted by atomic mass is 9.99. The van der Waals surface area contributed by atoms with Crippen LogP contribution in [0.5, 0.6) is 0 Å². The maximum Gasteiger partial charge on any atom is 0.243 e. The molecular formula is C31H37FN2O2. The molecule has 0 fully saturated rings. The molecule has 5 heteroatoms. The van der Waals surface area contributed by atoms with Gasteiger partial charge in [0.1, 0.15) is 11.9 Å². The molecule has 0 spiro atoms. The van der Waals surface area contributed by atoms with E-state index in [1.54, 1.807) is 23.1 Å². The van der Waals surface area contributed by atoms with Gasteiger partial charge in [-0.15, -0.1) is 0 Å². The zero-order chi connectivity index (χ0) is 26.1. The van der Waals surface area contributed by atoms with E-state index in [-0.39, 0.29) is 30.6 Å². The molecule has 0 aliphatic heterocycles. The number of nitrogens with zero attached hydrogens (tertiary/aromatic N) is 1. The summed E-state index contributed by atoms with van der Waals surface area (Å²) in [7, 11) is 0. The first-order valence-corrected chi connectivity index (χ1v) is 12.6. The minimum Gasteiger partial charge on any atom is -0.350 e. The second-order valence-electron chi connectivity index (χ2n) is 10.2. The second kappa shape index (κ2) is 12.5. The summed E-state index contributed by atoms with van der Waals surface area (Å²) in [5.41, 5.74) is 3.16. The minimum absolute atomic E-state index is 0.0232. The Hall–Kier alpha value is -3.47. The van der Waals surface area contributed by atoms with Crippen molar-refractivity contribution in [2.24, 2.45) is 0 Å². The fraction of sp³-hybridized carbons (Fsp3) is 0.355. The Bertz CT molecular complexity index is 1140. The maximum absolute atomic E-state index is 14.7. The van der Waals surface area contributed by atoms with E-state index in [9.17, 15) is 14.0 Å². The van der Waals surface area contributed by atoms with Crippen molar-refractivity contribution in [3.8, 4) is 0 Å². The standard InChI is InChI=1S/C31H37FN2O2/c1-5-23-15-17-24(18-16-23)19-20-29(35)34(22-26-13-9-10-14-27(26)32)28(30(36)33-31(2,3)4)21-25-11-7-6-8-12-25/h6-18,28H,5,19-22H2,1-4H3,(H,33,36)/t28-/m1/s1. The molecule has 3 rings (SSSR count). The van der Waals surface area contributed by atoms with Crippen LogP contribution in [0.1, 0.15) is 56.4 Å². The first-order valence-electron chi connectivity index (χ1n) is 12.6. The predicted octanol–water partition coefficient (Wildman–Crippen LogP) is 5.88. The monoisotopic (exact) mass is 488 g/mol. The molecule has 1 atom stereocenters. The molecule has 2 amide bonds. The van der Waals surface area contributed by atoms with Gasteiger partial charge in [0.25, 0.3) is 0 Å². The number of benzene rings is 3. The third-order valence-corrected chi connectivity index (χ3v) is 6.13. The zero-order valence-electron chi connectivity index (χ0n) is 21.8. The fourth-order valence-electron chi connectivity index (χ4n) is 4.15. The van der Waals surface area contributed by atoms with Crippen molar-refractivity contribution in [2.75, 3.05) is 0 Å². The third kappa shape index (κ3) is 8.04. The number of aryl methyl sites for hydroxylation is 2. The molecule has 0 aliphatic carbocycles. The molecule has 0 saturated carbocycles. The SMILES string of the molecule is CCc1ccc(CCC(=O)N(Cc2ccccc2F)[C@H](Cc2ccccc2)C(=O)NC(C)(C)C)cc1. The van der Waals surface area contributed by atoms with E-state index in [4.69, 9.17) is 0 Å². The first kappa shape index (κ1) is 27.1. The highest BCUT2D eigenvalue weighted by Gasteiger charge is 2.32. The Kier molecular flexibility index (Phi) is 9.40. The molecule has 3 aromatic rings. The quantitative estimate of drug-likeness (QED) is 0.388. The van der Waals surface area contributed by atoms with Crippen molar-refractivity contribution < 1.29 is 14.0 Å². The summed E-state index contributed by atoms with van der Waals surface area (Å²) >= 11 is 0. The van der Waals surface area contributed by atoms with Crippen LogP contribution in [0.25, 0.3) is 0 Å². The predicted molar refractivity (Wildman–Crippen MR) is 143 cm³/mol. The second-order valence-corrected chi connectivity index (χ2v) is 10.2. The molecular weight excluding hydrogens is 451 g/mol. The Morgan fingerprint density at radius 1 is 0.861 bits per heavy atom. The van der Waals surface area contributed by atoms with Crippen LogP contribution in [0.15, 0.2) is 78.9 Å². The van der Waals surface area contributed by atoms with Crippen molar-refractivity contribution >= 4 is 11.8 Å². The van der Waals surface area contributed by atoms with Gasteiger partial charge in [0.15, 0.2) is 0 Å². The first-order chi connectivity index (χ1) is 17.2. The summed E-state index contributed by atoms with van der Waals surface area (Å²) < 4.78 is 14.7. The number of amides is 2. The van der Waals surface area contributed by atoms with Gasteiger partial charge < -0.3 is 10.2 Å². The lowest BCUT2D eigenvalue weighted by molar-refractivity contribution is -0.142. The highest BCUT2D eigenvalue weighted by molar-refractivity contribution is 5.88. The van der Waals surface area contributed by atoms with E-state index >= 15 is 0 Å². The molecule has 190 valence electrons. The summed E-state index contributed by atoms with van der Waals surface area (Å²) in [5.74, 6) is -0.814. The van der Waals surface area contributed by atoms with E-state index in [1.165, 1.54) is 11.6 Å². The van der Waals surface area contributed by atoms with Crippen LogP contribution in [-0.2, 0) is 35.4 Å². The Labute approximate surface area is 214 Å². The molecule has 1 N–H and O–H groups in total. The van der Waals surface area contributed by atoms with E-state index < -0.39 is 11.6 Å². The summed E-state index contributed by atoms with van der Waals surface area (Å²) in [6, 6.07) is 23.5. The molecule has 4 nitrogen and oxygen atoms in total.